The Morgan fingerprint density at radius 1 is 1.07 bits per heavy atom. The van der Waals surface area contributed by atoms with Crippen molar-refractivity contribution in [3.8, 4) is 0 Å². The van der Waals surface area contributed by atoms with Crippen LogP contribution in [0.1, 0.15) is 31.9 Å². The van der Waals surface area contributed by atoms with Crippen molar-refractivity contribution in [3.05, 3.63) is 35.3 Å². The van der Waals surface area contributed by atoms with Gasteiger partial charge in [0.05, 0.1) is 17.9 Å². The van der Waals surface area contributed by atoms with E-state index in [0.29, 0.717) is 17.8 Å². The number of thioether (sulfide) groups is 1. The van der Waals surface area contributed by atoms with Gasteiger partial charge in [0.25, 0.3) is 0 Å². The van der Waals surface area contributed by atoms with Crippen molar-refractivity contribution >= 4 is 52.2 Å². The maximum Gasteiger partial charge on any atom is 0.234 e. The standard InChI is InChI=1S/C20H24N4O3S2/c1-14(25)21-15-5-7-16(8-6-15)22-18(26)13-29-20-23-17(12-28-20)11-19(27)24-9-3-2-4-10-24/h5-8,12H,2-4,9-11,13H2,1H3,(H,21,25)(H,22,26). The maximum atomic E-state index is 12.3. The van der Waals surface area contributed by atoms with Crippen LogP contribution in [0.2, 0.25) is 0 Å². The second kappa shape index (κ2) is 10.4. The van der Waals surface area contributed by atoms with Crippen molar-refractivity contribution in [1.82, 2.24) is 9.88 Å². The molecule has 3 amide bonds. The van der Waals surface area contributed by atoms with Gasteiger partial charge < -0.3 is 15.5 Å². The zero-order valence-electron chi connectivity index (χ0n) is 16.3. The summed E-state index contributed by atoms with van der Waals surface area (Å²) in [4.78, 5) is 41.9. The predicted molar refractivity (Wildman–Crippen MR) is 116 cm³/mol. The van der Waals surface area contributed by atoms with Gasteiger partial charge in [-0.3, -0.25) is 14.4 Å². The molecule has 0 atom stereocenters. The number of likely N-dealkylation sites (tertiary alicyclic amines) is 1. The molecule has 1 aliphatic heterocycles. The van der Waals surface area contributed by atoms with Gasteiger partial charge in [-0.15, -0.1) is 11.3 Å². The first-order valence-corrected chi connectivity index (χ1v) is 11.4. The van der Waals surface area contributed by atoms with Crippen molar-refractivity contribution < 1.29 is 14.4 Å². The van der Waals surface area contributed by atoms with E-state index >= 15 is 0 Å². The van der Waals surface area contributed by atoms with Crippen LogP contribution < -0.4 is 10.6 Å². The van der Waals surface area contributed by atoms with Gasteiger partial charge in [-0.2, -0.15) is 0 Å². The van der Waals surface area contributed by atoms with Crippen LogP contribution in [-0.4, -0.2) is 46.4 Å². The summed E-state index contributed by atoms with van der Waals surface area (Å²) in [5.41, 5.74) is 2.11. The van der Waals surface area contributed by atoms with Crippen molar-refractivity contribution in [2.45, 2.75) is 36.9 Å². The molecule has 0 bridgehead atoms. The van der Waals surface area contributed by atoms with Gasteiger partial charge in [-0.1, -0.05) is 11.8 Å². The number of benzene rings is 1. The van der Waals surface area contributed by atoms with Crippen LogP contribution >= 0.6 is 23.1 Å². The van der Waals surface area contributed by atoms with Gasteiger partial charge in [0, 0.05) is 36.8 Å². The van der Waals surface area contributed by atoms with Crippen LogP contribution in [0.3, 0.4) is 0 Å². The van der Waals surface area contributed by atoms with Crippen molar-refractivity contribution in [1.29, 1.82) is 0 Å². The number of carbonyl (C=O) groups excluding carboxylic acids is 3. The summed E-state index contributed by atoms with van der Waals surface area (Å²) in [5.74, 6) is 0.0922. The lowest BCUT2D eigenvalue weighted by Crippen LogP contribution is -2.36. The molecule has 1 aromatic heterocycles. The van der Waals surface area contributed by atoms with E-state index < -0.39 is 0 Å². The molecule has 1 aromatic carbocycles. The van der Waals surface area contributed by atoms with E-state index in [1.54, 1.807) is 24.3 Å². The third-order valence-corrected chi connectivity index (χ3v) is 6.46. The highest BCUT2D eigenvalue weighted by molar-refractivity contribution is 8.01. The molecule has 1 fully saturated rings. The number of nitrogens with one attached hydrogen (secondary N) is 2. The number of carbonyl (C=O) groups is 3. The third kappa shape index (κ3) is 6.86. The normalized spacial score (nSPS) is 13.8. The number of hydrogen-bond donors (Lipinski definition) is 2. The van der Waals surface area contributed by atoms with Crippen LogP contribution in [0, 0.1) is 0 Å². The average Bonchev–Trinajstić information content (AvgIpc) is 3.15. The highest BCUT2D eigenvalue weighted by Crippen LogP contribution is 2.24. The first-order chi connectivity index (χ1) is 14.0. The molecule has 1 saturated heterocycles. The van der Waals surface area contributed by atoms with E-state index in [1.165, 1.54) is 36.4 Å². The Morgan fingerprint density at radius 2 is 1.72 bits per heavy atom. The Kier molecular flexibility index (Phi) is 7.65. The van der Waals surface area contributed by atoms with E-state index in [0.717, 1.165) is 36.0 Å². The van der Waals surface area contributed by atoms with Gasteiger partial charge in [-0.25, -0.2) is 4.98 Å². The summed E-state index contributed by atoms with van der Waals surface area (Å²) in [6, 6.07) is 6.94. The first-order valence-electron chi connectivity index (χ1n) is 9.52. The molecule has 0 saturated carbocycles. The highest BCUT2D eigenvalue weighted by atomic mass is 32.2. The van der Waals surface area contributed by atoms with Crippen molar-refractivity contribution in [2.75, 3.05) is 29.5 Å². The fourth-order valence-corrected chi connectivity index (χ4v) is 4.66. The summed E-state index contributed by atoms with van der Waals surface area (Å²) >= 11 is 2.81. The molecule has 7 nitrogen and oxygen atoms in total. The molecule has 2 N–H and O–H groups in total. The van der Waals surface area contributed by atoms with Gasteiger partial charge in [0.2, 0.25) is 17.7 Å². The van der Waals surface area contributed by atoms with Crippen LogP contribution in [0.5, 0.6) is 0 Å². The number of amides is 3. The SMILES string of the molecule is CC(=O)Nc1ccc(NC(=O)CSc2nc(CC(=O)N3CCCCC3)cs2)cc1. The largest absolute Gasteiger partial charge is 0.342 e. The first kappa shape index (κ1) is 21.3. The number of piperidine rings is 1. The lowest BCUT2D eigenvalue weighted by atomic mass is 10.1. The minimum Gasteiger partial charge on any atom is -0.342 e. The maximum absolute atomic E-state index is 12.3. The molecule has 0 unspecified atom stereocenters. The zero-order chi connectivity index (χ0) is 20.6. The molecule has 29 heavy (non-hydrogen) atoms. The third-order valence-electron chi connectivity index (χ3n) is 4.39. The van der Waals surface area contributed by atoms with Crippen molar-refractivity contribution in [2.24, 2.45) is 0 Å². The minimum atomic E-state index is -0.140. The topological polar surface area (TPSA) is 91.4 Å². The summed E-state index contributed by atoms with van der Waals surface area (Å²) in [6.45, 7) is 3.13. The smallest absolute Gasteiger partial charge is 0.234 e. The summed E-state index contributed by atoms with van der Waals surface area (Å²) < 4.78 is 0.780. The van der Waals surface area contributed by atoms with E-state index in [-0.39, 0.29) is 23.5 Å². The molecular formula is C20H24N4O3S2. The molecule has 0 radical (unpaired) electrons. The monoisotopic (exact) mass is 432 g/mol. The molecule has 1 aliphatic rings. The number of rotatable bonds is 7. The summed E-state index contributed by atoms with van der Waals surface area (Å²) in [5, 5.41) is 7.39. The fourth-order valence-electron chi connectivity index (χ4n) is 3.01. The molecule has 9 heteroatoms. The molecular weight excluding hydrogens is 408 g/mol. The van der Waals surface area contributed by atoms with Crippen LogP contribution in [0.15, 0.2) is 34.0 Å². The number of thiazole rings is 1. The number of hydrogen-bond acceptors (Lipinski definition) is 6. The molecule has 0 aliphatic carbocycles. The predicted octanol–water partition coefficient (Wildman–Crippen LogP) is 3.39. The summed E-state index contributed by atoms with van der Waals surface area (Å²) in [7, 11) is 0. The van der Waals surface area contributed by atoms with E-state index in [4.69, 9.17) is 0 Å². The average molecular weight is 433 g/mol. The van der Waals surface area contributed by atoms with Crippen molar-refractivity contribution in [3.63, 3.8) is 0 Å². The minimum absolute atomic E-state index is 0.131. The van der Waals surface area contributed by atoms with Crippen LogP contribution in [0.25, 0.3) is 0 Å². The van der Waals surface area contributed by atoms with Gasteiger partial charge >= 0.3 is 0 Å². The summed E-state index contributed by atoms with van der Waals surface area (Å²) in [6.07, 6.45) is 3.68. The molecule has 3 rings (SSSR count). The Labute approximate surface area is 178 Å². The molecule has 0 spiro atoms. The highest BCUT2D eigenvalue weighted by Gasteiger charge is 2.18. The van der Waals surface area contributed by atoms with E-state index in [2.05, 4.69) is 15.6 Å². The van der Waals surface area contributed by atoms with Gasteiger partial charge in [0.1, 0.15) is 0 Å². The Bertz CT molecular complexity index is 861. The number of anilines is 2. The lowest BCUT2D eigenvalue weighted by molar-refractivity contribution is -0.131. The van der Waals surface area contributed by atoms with Gasteiger partial charge in [0.15, 0.2) is 4.34 Å². The second-order valence-electron chi connectivity index (χ2n) is 6.82. The van der Waals surface area contributed by atoms with Gasteiger partial charge in [-0.05, 0) is 43.5 Å². The van der Waals surface area contributed by atoms with E-state index in [9.17, 15) is 14.4 Å². The molecule has 2 heterocycles. The fraction of sp³-hybridized carbons (Fsp3) is 0.400. The number of aromatic nitrogens is 1. The van der Waals surface area contributed by atoms with E-state index in [1.807, 2.05) is 10.3 Å². The molecule has 154 valence electrons. The second-order valence-corrected chi connectivity index (χ2v) is 8.90. The zero-order valence-corrected chi connectivity index (χ0v) is 17.9. The lowest BCUT2D eigenvalue weighted by Gasteiger charge is -2.26. The van der Waals surface area contributed by atoms with Crippen LogP contribution in [-0.2, 0) is 20.8 Å². The Hall–Kier alpha value is -2.39. The van der Waals surface area contributed by atoms with Crippen LogP contribution in [0.4, 0.5) is 11.4 Å². The number of nitrogens with zero attached hydrogens (tertiary/aromatic N) is 2. The molecule has 2 aromatic rings. The quantitative estimate of drug-likeness (QED) is 0.655. The Balaban J connectivity index is 1.43. The Morgan fingerprint density at radius 3 is 2.38 bits per heavy atom.